The number of ether oxygens (including phenoxy) is 1. The van der Waals surface area contributed by atoms with Crippen LogP contribution in [0.3, 0.4) is 0 Å². The van der Waals surface area contributed by atoms with Crippen molar-refractivity contribution in [2.75, 3.05) is 29.9 Å². The third kappa shape index (κ3) is 4.29. The maximum Gasteiger partial charge on any atom is 0.356 e. The van der Waals surface area contributed by atoms with Gasteiger partial charge in [-0.2, -0.15) is 4.98 Å². The number of rotatable bonds is 3. The number of anilines is 2. The molecule has 2 atom stereocenters. The molecule has 2 amide bonds. The zero-order chi connectivity index (χ0) is 30.9. The van der Waals surface area contributed by atoms with Gasteiger partial charge in [0.1, 0.15) is 28.8 Å². The van der Waals surface area contributed by atoms with E-state index < -0.39 is 29.8 Å². The highest BCUT2D eigenvalue weighted by Crippen LogP contribution is 2.42. The normalized spacial score (nSPS) is 18.9. The number of aromatic nitrogens is 4. The second-order valence-corrected chi connectivity index (χ2v) is 11.2. The average molecular weight is 600 g/mol. The smallest absolute Gasteiger partial charge is 0.356 e. The molecular weight excluding hydrogens is 572 g/mol. The van der Waals surface area contributed by atoms with Crippen molar-refractivity contribution in [1.82, 2.24) is 24.4 Å². The first-order valence-corrected chi connectivity index (χ1v) is 14.2. The van der Waals surface area contributed by atoms with Crippen LogP contribution in [0.25, 0.3) is 28.0 Å². The number of carbonyl (C=O) groups excluding carboxylic acids is 2. The van der Waals surface area contributed by atoms with Gasteiger partial charge in [0.15, 0.2) is 18.1 Å². The highest BCUT2D eigenvalue weighted by atomic mass is 19.1. The summed E-state index contributed by atoms with van der Waals surface area (Å²) in [5.41, 5.74) is -0.735. The van der Waals surface area contributed by atoms with Gasteiger partial charge in [0.2, 0.25) is 5.91 Å². The Hall–Kier alpha value is -5.20. The number of pyridine rings is 2. The lowest BCUT2D eigenvalue weighted by Gasteiger charge is -2.35. The fraction of sp³-hybridized carbons (Fsp3) is 0.290. The average Bonchev–Trinajstić information content (AvgIpc) is 3.80. The summed E-state index contributed by atoms with van der Waals surface area (Å²) >= 11 is 0. The molecule has 2 aliphatic heterocycles. The summed E-state index contributed by atoms with van der Waals surface area (Å²) in [5, 5.41) is 2.81. The van der Waals surface area contributed by atoms with Crippen LogP contribution in [0.2, 0.25) is 0 Å². The molecule has 44 heavy (non-hydrogen) atoms. The van der Waals surface area contributed by atoms with Crippen LogP contribution in [-0.2, 0) is 9.59 Å². The molecule has 0 spiro atoms. The third-order valence-electron chi connectivity index (χ3n) is 8.21. The van der Waals surface area contributed by atoms with Crippen molar-refractivity contribution < 1.29 is 23.1 Å². The van der Waals surface area contributed by atoms with E-state index in [1.54, 1.807) is 4.90 Å². The summed E-state index contributed by atoms with van der Waals surface area (Å²) in [5.74, 6) is -2.32. The summed E-state index contributed by atoms with van der Waals surface area (Å²) < 4.78 is 38.6. The van der Waals surface area contributed by atoms with Crippen molar-refractivity contribution >= 4 is 34.4 Å². The summed E-state index contributed by atoms with van der Waals surface area (Å²) in [6.45, 7) is 7.57. The SMILES string of the molecule is C=CC(=O)N1CCN(c2nc(=O)n3c4nc(c(F)cc24)-c2c(F)cccc2NC(=O)COc2ccnc(C(C)C)c2-3)C2C[C@H]21. The molecule has 4 aromatic rings. The van der Waals surface area contributed by atoms with Crippen molar-refractivity contribution in [2.24, 2.45) is 0 Å². The molecule has 1 N–H and O–H groups in total. The van der Waals surface area contributed by atoms with Gasteiger partial charge in [0.05, 0.1) is 34.4 Å². The van der Waals surface area contributed by atoms with Gasteiger partial charge in [-0.25, -0.2) is 23.1 Å². The van der Waals surface area contributed by atoms with Crippen LogP contribution in [0.1, 0.15) is 31.9 Å². The maximum atomic E-state index is 16.1. The second-order valence-electron chi connectivity index (χ2n) is 11.2. The van der Waals surface area contributed by atoms with E-state index in [1.165, 1.54) is 41.1 Å². The number of amides is 2. The van der Waals surface area contributed by atoms with Crippen LogP contribution in [0.4, 0.5) is 20.3 Å². The fourth-order valence-corrected chi connectivity index (χ4v) is 6.15. The molecule has 2 fully saturated rings. The first kappa shape index (κ1) is 27.6. The number of nitrogens with zero attached hydrogens (tertiary/aromatic N) is 6. The van der Waals surface area contributed by atoms with Crippen molar-refractivity contribution in [3.63, 3.8) is 0 Å². The summed E-state index contributed by atoms with van der Waals surface area (Å²) in [7, 11) is 0. The van der Waals surface area contributed by atoms with E-state index in [0.29, 0.717) is 25.2 Å². The Balaban J connectivity index is 1.54. The van der Waals surface area contributed by atoms with Gasteiger partial charge in [-0.05, 0) is 36.6 Å². The predicted molar refractivity (Wildman–Crippen MR) is 158 cm³/mol. The number of hydrogen-bond acceptors (Lipinski definition) is 8. The fourth-order valence-electron chi connectivity index (χ4n) is 6.15. The van der Waals surface area contributed by atoms with Crippen LogP contribution in [0.15, 0.2) is 54.0 Å². The van der Waals surface area contributed by atoms with Crippen LogP contribution < -0.4 is 20.6 Å². The number of nitrogens with one attached hydrogen (secondary N) is 1. The second kappa shape index (κ2) is 10.2. The quantitative estimate of drug-likeness (QED) is 0.355. The largest absolute Gasteiger partial charge is 0.481 e. The summed E-state index contributed by atoms with van der Waals surface area (Å²) in [4.78, 5) is 56.5. The third-order valence-corrected chi connectivity index (χ3v) is 8.21. The Morgan fingerprint density at radius 2 is 1.95 bits per heavy atom. The van der Waals surface area contributed by atoms with Crippen LogP contribution in [0.5, 0.6) is 5.75 Å². The van der Waals surface area contributed by atoms with Gasteiger partial charge < -0.3 is 19.9 Å². The van der Waals surface area contributed by atoms with E-state index in [1.807, 2.05) is 18.7 Å². The van der Waals surface area contributed by atoms with E-state index in [-0.39, 0.29) is 69.1 Å². The summed E-state index contributed by atoms with van der Waals surface area (Å²) in [6.07, 6.45) is 3.43. The number of fused-ring (bicyclic) bond motifs is 6. The van der Waals surface area contributed by atoms with E-state index in [9.17, 15) is 14.4 Å². The minimum atomic E-state index is -0.872. The minimum Gasteiger partial charge on any atom is -0.481 e. The monoisotopic (exact) mass is 599 g/mol. The zero-order valence-corrected chi connectivity index (χ0v) is 23.9. The molecule has 5 heterocycles. The Kier molecular flexibility index (Phi) is 6.41. The highest BCUT2D eigenvalue weighted by Gasteiger charge is 2.51. The van der Waals surface area contributed by atoms with Gasteiger partial charge in [0.25, 0.3) is 5.91 Å². The molecule has 1 unspecified atom stereocenters. The molecule has 11 nitrogen and oxygen atoms in total. The predicted octanol–water partition coefficient (Wildman–Crippen LogP) is 3.55. The standard InChI is InChI=1S/C31H27F2N7O4/c1-4-24(42)38-10-11-39(21-13-20(21)38)29-16-12-18(33)27-25-17(32)6-5-7-19(25)35-23(41)14-44-22-8-9-34-26(15(2)3)28(22)40(30(16)36-27)31(43)37-29/h4-9,12,15,20-21H,1,10-11,13-14H2,2-3H3,(H,35,41)/t20-,21?/m1/s1. The van der Waals surface area contributed by atoms with Gasteiger partial charge >= 0.3 is 5.69 Å². The van der Waals surface area contributed by atoms with E-state index in [0.717, 1.165) is 6.07 Å². The van der Waals surface area contributed by atoms with Gasteiger partial charge in [-0.15, -0.1) is 0 Å². The molecule has 3 aliphatic rings. The highest BCUT2D eigenvalue weighted by molar-refractivity contribution is 5.98. The molecule has 1 aromatic carbocycles. The number of halogens is 2. The van der Waals surface area contributed by atoms with Crippen molar-refractivity contribution in [1.29, 1.82) is 0 Å². The van der Waals surface area contributed by atoms with E-state index in [4.69, 9.17) is 4.74 Å². The van der Waals surface area contributed by atoms with E-state index >= 15 is 8.78 Å². The first-order valence-electron chi connectivity index (χ1n) is 14.2. The molecule has 1 aliphatic carbocycles. The first-order chi connectivity index (χ1) is 21.2. The van der Waals surface area contributed by atoms with Gasteiger partial charge in [0, 0.05) is 25.4 Å². The number of carbonyl (C=O) groups is 2. The Morgan fingerprint density at radius 1 is 1.14 bits per heavy atom. The van der Waals surface area contributed by atoms with Gasteiger partial charge in [-0.3, -0.25) is 14.6 Å². The van der Waals surface area contributed by atoms with Crippen molar-refractivity contribution in [3.05, 3.63) is 77.0 Å². The topological polar surface area (TPSA) is 123 Å². The minimum absolute atomic E-state index is 0.00486. The van der Waals surface area contributed by atoms with Crippen molar-refractivity contribution in [2.45, 2.75) is 38.3 Å². The molecule has 7 rings (SSSR count). The van der Waals surface area contributed by atoms with E-state index in [2.05, 4.69) is 26.8 Å². The zero-order valence-electron chi connectivity index (χ0n) is 23.9. The molecule has 2 bridgehead atoms. The lowest BCUT2D eigenvalue weighted by Crippen LogP contribution is -2.49. The molecule has 224 valence electrons. The number of hydrogen-bond donors (Lipinski definition) is 1. The molecule has 0 radical (unpaired) electrons. The molecule has 1 saturated heterocycles. The Bertz CT molecular complexity index is 1960. The Morgan fingerprint density at radius 3 is 2.73 bits per heavy atom. The maximum absolute atomic E-state index is 16.1. The Labute approximate surface area is 249 Å². The van der Waals surface area contributed by atoms with Crippen molar-refractivity contribution in [3.8, 4) is 22.7 Å². The lowest BCUT2D eigenvalue weighted by molar-refractivity contribution is -0.127. The molecule has 13 heteroatoms. The van der Waals surface area contributed by atoms with Crippen LogP contribution >= 0.6 is 0 Å². The number of piperazine rings is 1. The van der Waals surface area contributed by atoms with Crippen LogP contribution in [-0.4, -0.2) is 68.0 Å². The lowest BCUT2D eigenvalue weighted by atomic mass is 10.1. The van der Waals surface area contributed by atoms with Crippen LogP contribution in [0, 0.1) is 11.6 Å². The molecular formula is C31H27F2N7O4. The molecule has 1 saturated carbocycles. The summed E-state index contributed by atoms with van der Waals surface area (Å²) in [6, 6.07) is 6.43. The van der Waals surface area contributed by atoms with Gasteiger partial charge in [-0.1, -0.05) is 26.5 Å². The number of benzene rings is 1. The molecule has 3 aromatic heterocycles.